The summed E-state index contributed by atoms with van der Waals surface area (Å²) in [6.07, 6.45) is 2.32. The van der Waals surface area contributed by atoms with Crippen LogP contribution in [0.2, 0.25) is 5.02 Å². The second-order valence-electron chi connectivity index (χ2n) is 8.12. The van der Waals surface area contributed by atoms with Crippen LogP contribution in [0.5, 0.6) is 5.75 Å². The summed E-state index contributed by atoms with van der Waals surface area (Å²) in [4.78, 5) is 28.8. The molecule has 0 saturated carbocycles. The first-order valence-corrected chi connectivity index (χ1v) is 11.4. The van der Waals surface area contributed by atoms with Crippen molar-refractivity contribution in [2.24, 2.45) is 0 Å². The van der Waals surface area contributed by atoms with E-state index < -0.39 is 6.04 Å². The molecule has 1 amide bonds. The Morgan fingerprint density at radius 1 is 1.03 bits per heavy atom. The van der Waals surface area contributed by atoms with Crippen molar-refractivity contribution in [3.05, 3.63) is 123 Å². The van der Waals surface area contributed by atoms with Gasteiger partial charge in [-0.1, -0.05) is 66.7 Å². The lowest BCUT2D eigenvalue weighted by atomic mass is 9.98. The lowest BCUT2D eigenvalue weighted by molar-refractivity contribution is 0.0730. The smallest absolute Gasteiger partial charge is 0.290 e. The molecule has 170 valence electrons. The first-order chi connectivity index (χ1) is 16.6. The van der Waals surface area contributed by atoms with E-state index in [4.69, 9.17) is 20.8 Å². The first-order valence-electron chi connectivity index (χ1n) is 11.0. The maximum absolute atomic E-state index is 13.6. The summed E-state index contributed by atoms with van der Waals surface area (Å²) in [6, 6.07) is 21.6. The van der Waals surface area contributed by atoms with Gasteiger partial charge in [0.2, 0.25) is 5.76 Å². The van der Waals surface area contributed by atoms with Crippen LogP contribution < -0.4 is 10.2 Å². The Hall–Kier alpha value is -3.83. The second-order valence-corrected chi connectivity index (χ2v) is 8.56. The molecule has 0 N–H and O–H groups in total. The van der Waals surface area contributed by atoms with Crippen molar-refractivity contribution in [2.45, 2.75) is 12.5 Å². The highest BCUT2D eigenvalue weighted by molar-refractivity contribution is 6.31. The molecular formula is C28H22ClNO4. The molecule has 4 aromatic rings. The SMILES string of the molecule is C=CCOc1ccc([C@H]2c3c(oc4ccc(Cl)cc4c3=O)C(=O)N2CCc2ccccc2)cc1. The van der Waals surface area contributed by atoms with Crippen LogP contribution in [0, 0.1) is 0 Å². The fourth-order valence-electron chi connectivity index (χ4n) is 4.37. The summed E-state index contributed by atoms with van der Waals surface area (Å²) >= 11 is 6.15. The molecule has 0 fully saturated rings. The molecule has 6 heteroatoms. The number of amides is 1. The summed E-state index contributed by atoms with van der Waals surface area (Å²) in [5.74, 6) is 0.475. The number of halogens is 1. The Morgan fingerprint density at radius 2 is 1.79 bits per heavy atom. The van der Waals surface area contributed by atoms with Crippen LogP contribution in [0.4, 0.5) is 0 Å². The third-order valence-electron chi connectivity index (χ3n) is 5.98. The highest BCUT2D eigenvalue weighted by atomic mass is 35.5. The monoisotopic (exact) mass is 471 g/mol. The zero-order valence-corrected chi connectivity index (χ0v) is 19.1. The molecular weight excluding hydrogens is 450 g/mol. The largest absolute Gasteiger partial charge is 0.490 e. The molecule has 0 spiro atoms. The average Bonchev–Trinajstić information content (AvgIpc) is 3.14. The molecule has 1 aliphatic heterocycles. The number of hydrogen-bond donors (Lipinski definition) is 0. The van der Waals surface area contributed by atoms with Crippen molar-refractivity contribution < 1.29 is 13.9 Å². The minimum Gasteiger partial charge on any atom is -0.490 e. The molecule has 1 aromatic heterocycles. The van der Waals surface area contributed by atoms with Gasteiger partial charge in [-0.25, -0.2) is 0 Å². The number of carbonyl (C=O) groups is 1. The maximum atomic E-state index is 13.6. The normalized spacial score (nSPS) is 14.9. The summed E-state index contributed by atoms with van der Waals surface area (Å²) in [6.45, 7) is 4.49. The van der Waals surface area contributed by atoms with Gasteiger partial charge in [-0.05, 0) is 47.9 Å². The van der Waals surface area contributed by atoms with Gasteiger partial charge in [0.25, 0.3) is 5.91 Å². The second kappa shape index (κ2) is 9.20. The Morgan fingerprint density at radius 3 is 2.53 bits per heavy atom. The fourth-order valence-corrected chi connectivity index (χ4v) is 4.54. The topological polar surface area (TPSA) is 59.8 Å². The molecule has 5 nitrogen and oxygen atoms in total. The van der Waals surface area contributed by atoms with Crippen molar-refractivity contribution in [3.8, 4) is 5.75 Å². The lowest BCUT2D eigenvalue weighted by Crippen LogP contribution is -2.31. The van der Waals surface area contributed by atoms with E-state index >= 15 is 0 Å². The molecule has 0 radical (unpaired) electrons. The third kappa shape index (κ3) is 3.99. The number of nitrogens with zero attached hydrogens (tertiary/aromatic N) is 1. The standard InChI is InChI=1S/C28H22ClNO4/c1-2-16-33-21-11-8-19(9-12-21)25-24-26(31)22-17-20(29)10-13-23(22)34-27(24)28(32)30(25)15-14-18-6-4-3-5-7-18/h2-13,17,25H,1,14-16H2/t25-/m0/s1. The lowest BCUT2D eigenvalue weighted by Gasteiger charge is -2.25. The maximum Gasteiger partial charge on any atom is 0.290 e. The molecule has 3 aromatic carbocycles. The molecule has 34 heavy (non-hydrogen) atoms. The summed E-state index contributed by atoms with van der Waals surface area (Å²) < 4.78 is 11.6. The fraction of sp³-hybridized carbons (Fsp3) is 0.143. The van der Waals surface area contributed by atoms with Crippen LogP contribution in [-0.2, 0) is 6.42 Å². The Bertz CT molecular complexity index is 1430. The zero-order chi connectivity index (χ0) is 23.7. The number of fused-ring (bicyclic) bond motifs is 2. The van der Waals surface area contributed by atoms with Crippen molar-refractivity contribution in [2.75, 3.05) is 13.2 Å². The quantitative estimate of drug-likeness (QED) is 0.320. The molecule has 0 bridgehead atoms. The van der Waals surface area contributed by atoms with E-state index in [1.165, 1.54) is 0 Å². The number of carbonyl (C=O) groups excluding carboxylic acids is 1. The highest BCUT2D eigenvalue weighted by Crippen LogP contribution is 2.39. The van der Waals surface area contributed by atoms with Crippen LogP contribution in [0.15, 0.2) is 94.7 Å². The van der Waals surface area contributed by atoms with Gasteiger partial charge in [0.05, 0.1) is 17.0 Å². The van der Waals surface area contributed by atoms with Gasteiger partial charge in [0.1, 0.15) is 17.9 Å². The summed E-state index contributed by atoms with van der Waals surface area (Å²) in [5.41, 5.74) is 2.35. The van der Waals surface area contributed by atoms with Gasteiger partial charge in [-0.2, -0.15) is 0 Å². The van der Waals surface area contributed by atoms with E-state index in [1.54, 1.807) is 29.2 Å². The predicted molar refractivity (Wildman–Crippen MR) is 133 cm³/mol. The first kappa shape index (κ1) is 22.0. The van der Waals surface area contributed by atoms with Crippen molar-refractivity contribution in [3.63, 3.8) is 0 Å². The summed E-state index contributed by atoms with van der Waals surface area (Å²) in [5, 5.41) is 0.796. The number of rotatable bonds is 7. The Kier molecular flexibility index (Phi) is 5.95. The van der Waals surface area contributed by atoms with Crippen LogP contribution in [-0.4, -0.2) is 24.0 Å². The van der Waals surface area contributed by atoms with Gasteiger partial charge in [-0.15, -0.1) is 0 Å². The van der Waals surface area contributed by atoms with Gasteiger partial charge in [0, 0.05) is 11.6 Å². The van der Waals surface area contributed by atoms with E-state index in [1.807, 2.05) is 54.6 Å². The predicted octanol–water partition coefficient (Wildman–Crippen LogP) is 5.80. The van der Waals surface area contributed by atoms with E-state index in [-0.39, 0.29) is 17.1 Å². The van der Waals surface area contributed by atoms with Crippen LogP contribution in [0.3, 0.4) is 0 Å². The summed E-state index contributed by atoms with van der Waals surface area (Å²) in [7, 11) is 0. The molecule has 0 unspecified atom stereocenters. The molecule has 5 rings (SSSR count). The molecule has 1 aliphatic rings. The minimum absolute atomic E-state index is 0.0878. The van der Waals surface area contributed by atoms with Gasteiger partial charge in [-0.3, -0.25) is 9.59 Å². The van der Waals surface area contributed by atoms with Crippen molar-refractivity contribution >= 4 is 28.5 Å². The van der Waals surface area contributed by atoms with E-state index in [0.29, 0.717) is 46.9 Å². The number of ether oxygens (including phenoxy) is 1. The molecule has 0 aliphatic carbocycles. The van der Waals surface area contributed by atoms with Gasteiger partial charge in [0.15, 0.2) is 5.43 Å². The zero-order valence-electron chi connectivity index (χ0n) is 18.4. The molecule has 1 atom stereocenters. The van der Waals surface area contributed by atoms with E-state index in [0.717, 1.165) is 11.1 Å². The third-order valence-corrected chi connectivity index (χ3v) is 6.21. The number of hydrogen-bond acceptors (Lipinski definition) is 4. The van der Waals surface area contributed by atoms with Crippen molar-refractivity contribution in [1.82, 2.24) is 4.90 Å². The van der Waals surface area contributed by atoms with E-state index in [2.05, 4.69) is 6.58 Å². The van der Waals surface area contributed by atoms with Crippen LogP contribution in [0.25, 0.3) is 11.0 Å². The molecule has 2 heterocycles. The Balaban J connectivity index is 1.60. The Labute approximate surface area is 201 Å². The van der Waals surface area contributed by atoms with Crippen LogP contribution in [0.1, 0.15) is 33.3 Å². The van der Waals surface area contributed by atoms with Crippen LogP contribution >= 0.6 is 11.6 Å². The average molecular weight is 472 g/mol. The van der Waals surface area contributed by atoms with Gasteiger partial charge < -0.3 is 14.1 Å². The number of benzene rings is 3. The van der Waals surface area contributed by atoms with E-state index in [9.17, 15) is 9.59 Å². The highest BCUT2D eigenvalue weighted by Gasteiger charge is 2.42. The van der Waals surface area contributed by atoms with Gasteiger partial charge >= 0.3 is 0 Å². The molecule has 0 saturated heterocycles. The van der Waals surface area contributed by atoms with Crippen molar-refractivity contribution in [1.29, 1.82) is 0 Å². The minimum atomic E-state index is -0.570.